The predicted octanol–water partition coefficient (Wildman–Crippen LogP) is -0.0411. The van der Waals surface area contributed by atoms with Gasteiger partial charge in [0.05, 0.1) is 12.5 Å². The van der Waals surface area contributed by atoms with Crippen LogP contribution in [0.25, 0.3) is 0 Å². The van der Waals surface area contributed by atoms with Crippen LogP contribution in [0.5, 0.6) is 0 Å². The van der Waals surface area contributed by atoms with E-state index in [2.05, 4.69) is 6.58 Å². The number of halogens is 1. The lowest BCUT2D eigenvalue weighted by atomic mass is 11.3. The van der Waals surface area contributed by atoms with Gasteiger partial charge in [-0.1, -0.05) is 5.70 Å². The molecular formula is C4H9ClO2Si. The van der Waals surface area contributed by atoms with Crippen molar-refractivity contribution in [2.75, 3.05) is 12.5 Å². The molecule has 0 aliphatic carbocycles. The first kappa shape index (κ1) is 8.17. The molecule has 0 heterocycles. The molecule has 0 unspecified atom stereocenters. The van der Waals surface area contributed by atoms with Crippen molar-refractivity contribution in [3.8, 4) is 0 Å². The zero-order valence-corrected chi connectivity index (χ0v) is 6.23. The van der Waals surface area contributed by atoms with Crippen molar-refractivity contribution < 1.29 is 10.2 Å². The molecule has 0 amide bonds. The molecule has 0 aromatic rings. The minimum atomic E-state index is -2.32. The predicted molar refractivity (Wildman–Crippen MR) is 36.0 cm³/mol. The Hall–Kier alpha value is 0.167. The molecule has 4 heteroatoms. The van der Waals surface area contributed by atoms with Crippen LogP contribution in [0.3, 0.4) is 0 Å². The lowest BCUT2D eigenvalue weighted by Gasteiger charge is -2.11. The Kier molecular flexibility index (Phi) is 3.31. The van der Waals surface area contributed by atoms with Crippen molar-refractivity contribution in [1.82, 2.24) is 0 Å². The van der Waals surface area contributed by atoms with Gasteiger partial charge in [0, 0.05) is 0 Å². The topological polar surface area (TPSA) is 40.5 Å². The lowest BCUT2D eigenvalue weighted by Crippen LogP contribution is -2.35. The van der Waals surface area contributed by atoms with Crippen LogP contribution < -0.4 is 0 Å². The molecule has 0 radical (unpaired) electrons. The summed E-state index contributed by atoms with van der Waals surface area (Å²) >= 11 is 5.61. The molecule has 0 rings (SSSR count). The van der Waals surface area contributed by atoms with Gasteiger partial charge in [-0.3, -0.25) is 0 Å². The van der Waals surface area contributed by atoms with Crippen molar-refractivity contribution in [1.29, 1.82) is 0 Å². The molecule has 0 aliphatic rings. The summed E-state index contributed by atoms with van der Waals surface area (Å²) in [5, 5.41) is 17.0. The summed E-state index contributed by atoms with van der Waals surface area (Å²) in [7, 11) is -2.32. The van der Waals surface area contributed by atoms with E-state index in [-0.39, 0.29) is 12.5 Å². The lowest BCUT2D eigenvalue weighted by molar-refractivity contribution is 0.329. The Bertz CT molecular complexity index is 82.1. The third kappa shape index (κ3) is 1.96. The van der Waals surface area contributed by atoms with Crippen LogP contribution in [0, 0.1) is 0 Å². The molecular weight excluding hydrogens is 144 g/mol. The Morgan fingerprint density at radius 3 is 1.88 bits per heavy atom. The van der Waals surface area contributed by atoms with E-state index in [1.54, 1.807) is 0 Å². The summed E-state index contributed by atoms with van der Waals surface area (Å²) in [4.78, 5) is 0. The largest absolute Gasteiger partial charge is 0.398 e. The van der Waals surface area contributed by atoms with Crippen molar-refractivity contribution in [3.05, 3.63) is 12.3 Å². The van der Waals surface area contributed by atoms with Crippen molar-refractivity contribution in [2.24, 2.45) is 0 Å². The second kappa shape index (κ2) is 3.24. The Morgan fingerprint density at radius 1 is 1.50 bits per heavy atom. The van der Waals surface area contributed by atoms with Gasteiger partial charge in [-0.2, -0.15) is 11.1 Å². The maximum absolute atomic E-state index is 8.48. The first-order valence-corrected chi connectivity index (χ1v) is 5.73. The fourth-order valence-electron chi connectivity index (χ4n) is 0.179. The molecule has 0 aliphatic heterocycles. The maximum Gasteiger partial charge on any atom is 0.229 e. The normalized spacial score (nSPS) is 11.4. The summed E-state index contributed by atoms with van der Waals surface area (Å²) in [5.74, 6) is 0. The standard InChI is InChI=1S/C4H9ClO2Si/c1-2-8(5,3-6)4-7/h2,6-7H,1,3-4H2. The fraction of sp³-hybridized carbons (Fsp3) is 0.500. The average Bonchev–Trinajstić information content (AvgIpc) is 1.87. The molecule has 0 atom stereocenters. The second-order valence-corrected chi connectivity index (χ2v) is 6.92. The minimum Gasteiger partial charge on any atom is -0.398 e. The Labute approximate surface area is 54.1 Å². The number of hydrogen-bond donors (Lipinski definition) is 2. The monoisotopic (exact) mass is 152 g/mol. The van der Waals surface area contributed by atoms with E-state index in [0.717, 1.165) is 0 Å². The van der Waals surface area contributed by atoms with Gasteiger partial charge in [0.15, 0.2) is 0 Å². The highest BCUT2D eigenvalue weighted by atomic mass is 35.6. The van der Waals surface area contributed by atoms with Crippen LogP contribution in [-0.2, 0) is 0 Å². The molecule has 0 spiro atoms. The van der Waals surface area contributed by atoms with E-state index < -0.39 is 7.38 Å². The SMILES string of the molecule is C=C[Si](Cl)(CO)CO. The first-order valence-electron chi connectivity index (χ1n) is 2.23. The second-order valence-electron chi connectivity index (χ2n) is 1.55. The van der Waals surface area contributed by atoms with Crippen LogP contribution in [0.15, 0.2) is 12.3 Å². The van der Waals surface area contributed by atoms with E-state index >= 15 is 0 Å². The van der Waals surface area contributed by atoms with Crippen LogP contribution in [0.1, 0.15) is 0 Å². The third-order valence-electron chi connectivity index (χ3n) is 0.892. The van der Waals surface area contributed by atoms with Crippen molar-refractivity contribution >= 4 is 18.5 Å². The zero-order chi connectivity index (χ0) is 6.62. The molecule has 0 bridgehead atoms. The van der Waals surface area contributed by atoms with Gasteiger partial charge in [-0.05, 0) is 0 Å². The molecule has 0 aromatic heterocycles. The van der Waals surface area contributed by atoms with Crippen LogP contribution in [0.4, 0.5) is 0 Å². The van der Waals surface area contributed by atoms with E-state index in [0.29, 0.717) is 0 Å². The van der Waals surface area contributed by atoms with Crippen LogP contribution >= 0.6 is 11.1 Å². The smallest absolute Gasteiger partial charge is 0.229 e. The molecule has 0 fully saturated rings. The van der Waals surface area contributed by atoms with Crippen molar-refractivity contribution in [3.63, 3.8) is 0 Å². The Balaban J connectivity index is 3.76. The highest BCUT2D eigenvalue weighted by Gasteiger charge is 2.24. The molecule has 2 nitrogen and oxygen atoms in total. The fourth-order valence-corrected chi connectivity index (χ4v) is 0.537. The highest BCUT2D eigenvalue weighted by Crippen LogP contribution is 2.06. The van der Waals surface area contributed by atoms with Gasteiger partial charge in [0.2, 0.25) is 7.38 Å². The number of aliphatic hydroxyl groups excluding tert-OH is 2. The van der Waals surface area contributed by atoms with Crippen LogP contribution in [-0.4, -0.2) is 30.1 Å². The minimum absolute atomic E-state index is 0.144. The van der Waals surface area contributed by atoms with Gasteiger partial charge in [0.1, 0.15) is 0 Å². The molecule has 0 saturated heterocycles. The van der Waals surface area contributed by atoms with Gasteiger partial charge in [-0.15, -0.1) is 6.58 Å². The molecule has 0 aromatic carbocycles. The van der Waals surface area contributed by atoms with E-state index in [4.69, 9.17) is 21.3 Å². The van der Waals surface area contributed by atoms with Gasteiger partial charge in [-0.25, -0.2) is 0 Å². The maximum atomic E-state index is 8.48. The average molecular weight is 153 g/mol. The van der Waals surface area contributed by atoms with E-state index in [1.807, 2.05) is 0 Å². The summed E-state index contributed by atoms with van der Waals surface area (Å²) in [6.07, 6.45) is -0.289. The van der Waals surface area contributed by atoms with Gasteiger partial charge < -0.3 is 10.2 Å². The van der Waals surface area contributed by atoms with Crippen molar-refractivity contribution in [2.45, 2.75) is 0 Å². The summed E-state index contributed by atoms with van der Waals surface area (Å²) in [6, 6.07) is 0. The third-order valence-corrected chi connectivity index (χ3v) is 3.85. The Morgan fingerprint density at radius 2 is 1.88 bits per heavy atom. The highest BCUT2D eigenvalue weighted by molar-refractivity contribution is 7.23. The van der Waals surface area contributed by atoms with Crippen LogP contribution in [0.2, 0.25) is 0 Å². The van der Waals surface area contributed by atoms with E-state index in [9.17, 15) is 0 Å². The number of rotatable bonds is 3. The molecule has 2 N–H and O–H groups in total. The quantitative estimate of drug-likeness (QED) is 0.440. The number of hydrogen-bond acceptors (Lipinski definition) is 2. The van der Waals surface area contributed by atoms with Gasteiger partial charge >= 0.3 is 0 Å². The zero-order valence-electron chi connectivity index (χ0n) is 4.47. The molecule has 0 saturated carbocycles. The molecule has 8 heavy (non-hydrogen) atoms. The summed E-state index contributed by atoms with van der Waals surface area (Å²) in [5.41, 5.74) is 1.45. The van der Waals surface area contributed by atoms with E-state index in [1.165, 1.54) is 5.70 Å². The number of aliphatic hydroxyl groups is 2. The summed E-state index contributed by atoms with van der Waals surface area (Å²) < 4.78 is 0. The first-order chi connectivity index (χ1) is 3.68. The van der Waals surface area contributed by atoms with Gasteiger partial charge in [0.25, 0.3) is 0 Å². The molecule has 48 valence electrons. The summed E-state index contributed by atoms with van der Waals surface area (Å²) in [6.45, 7) is 3.38.